The number of benzene rings is 3. The van der Waals surface area contributed by atoms with Crippen molar-refractivity contribution in [2.75, 3.05) is 25.2 Å². The first-order chi connectivity index (χ1) is 23.2. The third kappa shape index (κ3) is 14.5. The third-order valence-corrected chi connectivity index (χ3v) is 10.1. The summed E-state index contributed by atoms with van der Waals surface area (Å²) in [5.74, 6) is 1.70. The summed E-state index contributed by atoms with van der Waals surface area (Å²) in [6, 6.07) is 30.9. The number of methoxy groups -OCH3 is 1. The Kier molecular flexibility index (Phi) is 20.1. The molecular formula is C42H60O4S. The molecule has 258 valence electrons. The molecule has 0 radical (unpaired) electrons. The summed E-state index contributed by atoms with van der Waals surface area (Å²) in [6.45, 7) is 2.52. The average Bonchev–Trinajstić information content (AvgIpc) is 3.12. The van der Waals surface area contributed by atoms with Crippen LogP contribution in [0.4, 0.5) is 4.79 Å². The van der Waals surface area contributed by atoms with Crippen molar-refractivity contribution in [2.24, 2.45) is 0 Å². The lowest BCUT2D eigenvalue weighted by molar-refractivity contribution is -0.0477. The highest BCUT2D eigenvalue weighted by molar-refractivity contribution is 7.99. The fourth-order valence-corrected chi connectivity index (χ4v) is 7.26. The Balaban J connectivity index is 1.42. The lowest BCUT2D eigenvalue weighted by atomic mass is 9.80. The molecule has 3 rings (SSSR count). The Morgan fingerprint density at radius 1 is 0.596 bits per heavy atom. The second-order valence-electron chi connectivity index (χ2n) is 12.7. The van der Waals surface area contributed by atoms with Gasteiger partial charge in [-0.1, -0.05) is 194 Å². The smallest absolute Gasteiger partial charge is 0.438 e. The van der Waals surface area contributed by atoms with E-state index in [2.05, 4.69) is 43.3 Å². The number of carbonyl (C=O) groups is 1. The van der Waals surface area contributed by atoms with Crippen molar-refractivity contribution in [3.8, 4) is 0 Å². The van der Waals surface area contributed by atoms with Crippen LogP contribution in [0.25, 0.3) is 0 Å². The van der Waals surface area contributed by atoms with E-state index in [1.165, 1.54) is 110 Å². The van der Waals surface area contributed by atoms with Crippen LogP contribution in [-0.2, 0) is 19.8 Å². The SMILES string of the molecule is CCCCCCCCCCCCCCCCCCSCC(COC(c1ccccc1)(c1ccccc1)c1ccccc1)OC(=O)OC. The first-order valence-corrected chi connectivity index (χ1v) is 19.5. The van der Waals surface area contributed by atoms with E-state index >= 15 is 0 Å². The zero-order valence-corrected chi connectivity index (χ0v) is 30.0. The van der Waals surface area contributed by atoms with Crippen molar-refractivity contribution in [1.82, 2.24) is 0 Å². The lowest BCUT2D eigenvalue weighted by Gasteiger charge is -2.37. The Morgan fingerprint density at radius 3 is 1.36 bits per heavy atom. The Bertz CT molecular complexity index is 1070. The predicted octanol–water partition coefficient (Wildman–Crippen LogP) is 12.1. The van der Waals surface area contributed by atoms with Crippen LogP contribution in [0.2, 0.25) is 0 Å². The molecule has 0 aliphatic carbocycles. The van der Waals surface area contributed by atoms with Crippen molar-refractivity contribution in [3.63, 3.8) is 0 Å². The highest BCUT2D eigenvalue weighted by atomic mass is 32.2. The first-order valence-electron chi connectivity index (χ1n) is 18.3. The van der Waals surface area contributed by atoms with E-state index in [4.69, 9.17) is 14.2 Å². The lowest BCUT2D eigenvalue weighted by Crippen LogP contribution is -2.37. The monoisotopic (exact) mass is 660 g/mol. The summed E-state index contributed by atoms with van der Waals surface area (Å²) in [5, 5.41) is 0. The maximum atomic E-state index is 12.2. The van der Waals surface area contributed by atoms with Gasteiger partial charge in [0.15, 0.2) is 0 Å². The molecule has 3 aromatic rings. The van der Waals surface area contributed by atoms with E-state index < -0.39 is 17.9 Å². The average molecular weight is 661 g/mol. The molecule has 0 aliphatic rings. The standard InChI is InChI=1S/C42H60O4S/c1-3-4-5-6-7-8-9-10-11-12-13-14-15-16-17-27-34-47-36-40(46-41(43)44-2)35-45-42(37-28-21-18-22-29-37,38-30-23-19-24-31-38)39-32-25-20-26-33-39/h18-26,28-33,40H,3-17,27,34-36H2,1-2H3. The summed E-state index contributed by atoms with van der Waals surface area (Å²) >= 11 is 1.83. The van der Waals surface area contributed by atoms with Gasteiger partial charge < -0.3 is 14.2 Å². The highest BCUT2D eigenvalue weighted by Crippen LogP contribution is 2.40. The van der Waals surface area contributed by atoms with Gasteiger partial charge >= 0.3 is 6.16 Å². The number of carbonyl (C=O) groups excluding carboxylic acids is 1. The number of hydrogen-bond acceptors (Lipinski definition) is 5. The summed E-state index contributed by atoms with van der Waals surface area (Å²) in [5.41, 5.74) is 2.21. The zero-order valence-electron chi connectivity index (χ0n) is 29.2. The zero-order chi connectivity index (χ0) is 33.3. The van der Waals surface area contributed by atoms with Crippen LogP contribution in [0.1, 0.15) is 126 Å². The minimum Gasteiger partial charge on any atom is -0.438 e. The molecule has 0 bridgehead atoms. The van der Waals surface area contributed by atoms with Gasteiger partial charge in [0.2, 0.25) is 0 Å². The van der Waals surface area contributed by atoms with E-state index in [-0.39, 0.29) is 6.61 Å². The van der Waals surface area contributed by atoms with Crippen LogP contribution >= 0.6 is 11.8 Å². The molecule has 1 atom stereocenters. The Morgan fingerprint density at radius 2 is 0.979 bits per heavy atom. The number of unbranched alkanes of at least 4 members (excludes halogenated alkanes) is 15. The fourth-order valence-electron chi connectivity index (χ4n) is 6.25. The van der Waals surface area contributed by atoms with Crippen LogP contribution in [-0.4, -0.2) is 37.5 Å². The minimum atomic E-state index is -0.861. The summed E-state index contributed by atoms with van der Waals surface area (Å²) in [7, 11) is 1.35. The normalized spacial score (nSPS) is 12.1. The van der Waals surface area contributed by atoms with Gasteiger partial charge in [0.1, 0.15) is 11.7 Å². The molecule has 5 heteroatoms. The van der Waals surface area contributed by atoms with E-state index in [0.717, 1.165) is 22.4 Å². The summed E-state index contributed by atoms with van der Waals surface area (Å²) in [6.07, 6.45) is 20.8. The molecule has 0 heterocycles. The molecule has 0 fully saturated rings. The van der Waals surface area contributed by atoms with Crippen molar-refractivity contribution in [1.29, 1.82) is 0 Å². The topological polar surface area (TPSA) is 44.8 Å². The molecule has 0 spiro atoms. The van der Waals surface area contributed by atoms with Gasteiger partial charge in [0, 0.05) is 5.75 Å². The molecule has 4 nitrogen and oxygen atoms in total. The molecular weight excluding hydrogens is 601 g/mol. The molecule has 0 N–H and O–H groups in total. The maximum Gasteiger partial charge on any atom is 0.508 e. The van der Waals surface area contributed by atoms with Crippen molar-refractivity contribution >= 4 is 17.9 Å². The quantitative estimate of drug-likeness (QED) is 0.0487. The van der Waals surface area contributed by atoms with Gasteiger partial charge in [-0.15, -0.1) is 0 Å². The Hall–Kier alpha value is -2.76. The maximum absolute atomic E-state index is 12.2. The molecule has 0 aliphatic heterocycles. The molecule has 0 saturated carbocycles. The largest absolute Gasteiger partial charge is 0.508 e. The Labute approximate surface area is 290 Å². The fraction of sp³-hybridized carbons (Fsp3) is 0.548. The van der Waals surface area contributed by atoms with E-state index in [1.807, 2.05) is 66.4 Å². The molecule has 1 unspecified atom stereocenters. The van der Waals surface area contributed by atoms with Crippen LogP contribution in [0.15, 0.2) is 91.0 Å². The first kappa shape index (κ1) is 38.7. The van der Waals surface area contributed by atoms with Crippen molar-refractivity contribution in [3.05, 3.63) is 108 Å². The number of rotatable bonds is 26. The summed E-state index contributed by atoms with van der Waals surface area (Å²) in [4.78, 5) is 12.2. The van der Waals surface area contributed by atoms with Gasteiger partial charge in [-0.25, -0.2) is 4.79 Å². The van der Waals surface area contributed by atoms with Gasteiger partial charge in [0.05, 0.1) is 13.7 Å². The minimum absolute atomic E-state index is 0.236. The van der Waals surface area contributed by atoms with Crippen LogP contribution in [0, 0.1) is 0 Å². The van der Waals surface area contributed by atoms with Crippen molar-refractivity contribution in [2.45, 2.75) is 121 Å². The van der Waals surface area contributed by atoms with Crippen LogP contribution in [0.3, 0.4) is 0 Å². The summed E-state index contributed by atoms with van der Waals surface area (Å²) < 4.78 is 17.5. The van der Waals surface area contributed by atoms with Crippen LogP contribution in [0.5, 0.6) is 0 Å². The van der Waals surface area contributed by atoms with E-state index in [9.17, 15) is 4.79 Å². The molecule has 47 heavy (non-hydrogen) atoms. The number of ether oxygens (including phenoxy) is 3. The molecule has 0 saturated heterocycles. The van der Waals surface area contributed by atoms with E-state index in [1.54, 1.807) is 0 Å². The number of hydrogen-bond donors (Lipinski definition) is 0. The predicted molar refractivity (Wildman–Crippen MR) is 199 cm³/mol. The van der Waals surface area contributed by atoms with Crippen LogP contribution < -0.4 is 0 Å². The van der Waals surface area contributed by atoms with Gasteiger partial charge in [-0.2, -0.15) is 11.8 Å². The van der Waals surface area contributed by atoms with Gasteiger partial charge in [-0.3, -0.25) is 0 Å². The third-order valence-electron chi connectivity index (χ3n) is 8.90. The molecule has 3 aromatic carbocycles. The molecule has 0 amide bonds. The number of thioether (sulfide) groups is 1. The van der Waals surface area contributed by atoms with Gasteiger partial charge in [0.25, 0.3) is 0 Å². The second kappa shape index (κ2) is 24.4. The second-order valence-corrected chi connectivity index (χ2v) is 13.8. The van der Waals surface area contributed by atoms with E-state index in [0.29, 0.717) is 5.75 Å². The van der Waals surface area contributed by atoms with Crippen molar-refractivity contribution < 1.29 is 19.0 Å². The molecule has 0 aromatic heterocycles. The highest BCUT2D eigenvalue weighted by Gasteiger charge is 2.38. The van der Waals surface area contributed by atoms with Gasteiger partial charge in [-0.05, 0) is 28.9 Å².